The third-order valence-corrected chi connectivity index (χ3v) is 5.65. The molecule has 1 atom stereocenters. The minimum atomic E-state index is -0.201. The van der Waals surface area contributed by atoms with E-state index in [0.29, 0.717) is 6.54 Å². The van der Waals surface area contributed by atoms with Crippen LogP contribution in [0.4, 0.5) is 4.39 Å². The maximum absolute atomic E-state index is 13.0. The van der Waals surface area contributed by atoms with E-state index < -0.39 is 0 Å². The molecular formula is C18H25FN2O2. The quantitative estimate of drug-likeness (QED) is 0.925. The lowest BCUT2D eigenvalue weighted by Crippen LogP contribution is -2.44. The molecule has 3 rings (SSSR count). The van der Waals surface area contributed by atoms with E-state index in [2.05, 4.69) is 4.90 Å². The minimum absolute atomic E-state index is 0.0692. The first-order valence-corrected chi connectivity index (χ1v) is 8.35. The van der Waals surface area contributed by atoms with E-state index in [1.165, 1.54) is 12.1 Å². The van der Waals surface area contributed by atoms with Gasteiger partial charge in [-0.15, -0.1) is 0 Å². The molecule has 1 N–H and O–H groups in total. The maximum atomic E-state index is 13.0. The Hall–Kier alpha value is -1.46. The van der Waals surface area contributed by atoms with Crippen LogP contribution in [-0.2, 0) is 11.3 Å². The summed E-state index contributed by atoms with van der Waals surface area (Å²) in [4.78, 5) is 15.9. The number of rotatable bonds is 3. The van der Waals surface area contributed by atoms with Crippen LogP contribution >= 0.6 is 0 Å². The van der Waals surface area contributed by atoms with Crippen molar-refractivity contribution in [3.63, 3.8) is 0 Å². The number of carbonyl (C=O) groups is 1. The molecule has 0 aliphatic carbocycles. The number of carbonyl (C=O) groups excluding carboxylic acids is 1. The van der Waals surface area contributed by atoms with E-state index in [1.54, 1.807) is 6.92 Å². The van der Waals surface area contributed by atoms with Gasteiger partial charge in [0, 0.05) is 39.1 Å². The van der Waals surface area contributed by atoms with Crippen LogP contribution < -0.4 is 0 Å². The standard InChI is InChI=1S/C18H25FN2O2/c1-14(23)21-11-16(12-22)18(13-21)6-8-20(9-7-18)10-15-2-4-17(19)5-3-15/h2-5,16,22H,6-13H2,1H3. The van der Waals surface area contributed by atoms with Crippen LogP contribution in [0.1, 0.15) is 25.3 Å². The van der Waals surface area contributed by atoms with Gasteiger partial charge in [-0.2, -0.15) is 0 Å². The number of piperidine rings is 1. The van der Waals surface area contributed by atoms with Gasteiger partial charge in [-0.05, 0) is 49.0 Å². The highest BCUT2D eigenvalue weighted by atomic mass is 19.1. The Morgan fingerprint density at radius 1 is 1.30 bits per heavy atom. The molecule has 5 heteroatoms. The number of amides is 1. The first-order chi connectivity index (χ1) is 11.0. The topological polar surface area (TPSA) is 43.8 Å². The zero-order valence-corrected chi connectivity index (χ0v) is 13.7. The summed E-state index contributed by atoms with van der Waals surface area (Å²) in [5.41, 5.74) is 1.19. The van der Waals surface area contributed by atoms with Crippen molar-refractivity contribution in [1.29, 1.82) is 0 Å². The Balaban J connectivity index is 1.61. The summed E-state index contributed by atoms with van der Waals surface area (Å²) in [5.74, 6) is 0.0980. The molecule has 1 aromatic rings. The van der Waals surface area contributed by atoms with E-state index in [-0.39, 0.29) is 29.7 Å². The van der Waals surface area contributed by atoms with Gasteiger partial charge in [-0.25, -0.2) is 4.39 Å². The molecule has 2 aliphatic heterocycles. The molecule has 0 saturated carbocycles. The molecule has 1 aromatic carbocycles. The molecule has 2 heterocycles. The van der Waals surface area contributed by atoms with E-state index in [1.807, 2.05) is 17.0 Å². The highest BCUT2D eigenvalue weighted by Gasteiger charge is 2.48. The van der Waals surface area contributed by atoms with Gasteiger partial charge < -0.3 is 10.0 Å². The van der Waals surface area contributed by atoms with Gasteiger partial charge in [0.25, 0.3) is 0 Å². The van der Waals surface area contributed by atoms with Crippen LogP contribution in [0.2, 0.25) is 0 Å². The fourth-order valence-corrected chi connectivity index (χ4v) is 4.10. The summed E-state index contributed by atoms with van der Waals surface area (Å²) in [5, 5.41) is 9.72. The lowest BCUT2D eigenvalue weighted by Gasteiger charge is -2.42. The SMILES string of the molecule is CC(=O)N1CC(CO)C2(CCN(Cc3ccc(F)cc3)CC2)C1. The number of nitrogens with zero attached hydrogens (tertiary/aromatic N) is 2. The molecule has 23 heavy (non-hydrogen) atoms. The van der Waals surface area contributed by atoms with E-state index in [0.717, 1.165) is 44.6 Å². The zero-order valence-electron chi connectivity index (χ0n) is 13.7. The second-order valence-corrected chi connectivity index (χ2v) is 7.04. The van der Waals surface area contributed by atoms with E-state index >= 15 is 0 Å². The molecule has 0 bridgehead atoms. The summed E-state index contributed by atoms with van der Waals surface area (Å²) >= 11 is 0. The number of hydrogen-bond donors (Lipinski definition) is 1. The van der Waals surface area contributed by atoms with Crippen molar-refractivity contribution >= 4 is 5.91 Å². The Morgan fingerprint density at radius 2 is 1.96 bits per heavy atom. The molecule has 2 saturated heterocycles. The second-order valence-electron chi connectivity index (χ2n) is 7.04. The first-order valence-electron chi connectivity index (χ1n) is 8.35. The van der Waals surface area contributed by atoms with Gasteiger partial charge in [-0.3, -0.25) is 9.69 Å². The molecule has 0 aromatic heterocycles. The Morgan fingerprint density at radius 3 is 2.52 bits per heavy atom. The van der Waals surface area contributed by atoms with Gasteiger partial charge in [0.1, 0.15) is 5.82 Å². The Labute approximate surface area is 136 Å². The predicted molar refractivity (Wildman–Crippen MR) is 86.2 cm³/mol. The average Bonchev–Trinajstić information content (AvgIpc) is 2.91. The highest BCUT2D eigenvalue weighted by molar-refractivity contribution is 5.73. The van der Waals surface area contributed by atoms with Crippen molar-refractivity contribution in [2.75, 3.05) is 32.8 Å². The molecule has 126 valence electrons. The van der Waals surface area contributed by atoms with Crippen LogP contribution in [0.15, 0.2) is 24.3 Å². The minimum Gasteiger partial charge on any atom is -0.396 e. The predicted octanol–water partition coefficient (Wildman–Crippen LogP) is 1.88. The molecule has 2 aliphatic rings. The van der Waals surface area contributed by atoms with Crippen molar-refractivity contribution in [1.82, 2.24) is 9.80 Å². The van der Waals surface area contributed by atoms with Crippen molar-refractivity contribution in [2.24, 2.45) is 11.3 Å². The Bertz CT molecular complexity index is 553. The number of likely N-dealkylation sites (tertiary alicyclic amines) is 2. The van der Waals surface area contributed by atoms with Crippen molar-refractivity contribution in [2.45, 2.75) is 26.3 Å². The summed E-state index contributed by atoms with van der Waals surface area (Å²) in [6, 6.07) is 6.68. The van der Waals surface area contributed by atoms with Crippen LogP contribution in [0.3, 0.4) is 0 Å². The number of halogens is 1. The highest BCUT2D eigenvalue weighted by Crippen LogP contribution is 2.44. The zero-order chi connectivity index (χ0) is 16.4. The fourth-order valence-electron chi connectivity index (χ4n) is 4.10. The average molecular weight is 320 g/mol. The molecular weight excluding hydrogens is 295 g/mol. The smallest absolute Gasteiger partial charge is 0.219 e. The van der Waals surface area contributed by atoms with Crippen molar-refractivity contribution < 1.29 is 14.3 Å². The van der Waals surface area contributed by atoms with Crippen LogP contribution in [-0.4, -0.2) is 53.6 Å². The lowest BCUT2D eigenvalue weighted by molar-refractivity contribution is -0.128. The number of aliphatic hydroxyl groups is 1. The van der Waals surface area contributed by atoms with Crippen LogP contribution in [0.5, 0.6) is 0 Å². The lowest BCUT2D eigenvalue weighted by atomic mass is 9.71. The number of benzene rings is 1. The van der Waals surface area contributed by atoms with Gasteiger partial charge >= 0.3 is 0 Å². The molecule has 0 radical (unpaired) electrons. The normalized spacial score (nSPS) is 24.3. The van der Waals surface area contributed by atoms with Crippen LogP contribution in [0.25, 0.3) is 0 Å². The monoisotopic (exact) mass is 320 g/mol. The van der Waals surface area contributed by atoms with Gasteiger partial charge in [0.2, 0.25) is 5.91 Å². The maximum Gasteiger partial charge on any atom is 0.219 e. The number of aliphatic hydroxyl groups excluding tert-OH is 1. The summed E-state index contributed by atoms with van der Waals surface area (Å²) in [7, 11) is 0. The van der Waals surface area contributed by atoms with E-state index in [9.17, 15) is 14.3 Å². The second kappa shape index (κ2) is 6.57. The molecule has 1 amide bonds. The summed E-state index contributed by atoms with van der Waals surface area (Å²) in [6.07, 6.45) is 2.01. The third kappa shape index (κ3) is 3.40. The molecule has 1 spiro atoms. The first kappa shape index (κ1) is 16.4. The Kier molecular flexibility index (Phi) is 4.69. The van der Waals surface area contributed by atoms with Gasteiger partial charge in [0.15, 0.2) is 0 Å². The largest absolute Gasteiger partial charge is 0.396 e. The van der Waals surface area contributed by atoms with Crippen molar-refractivity contribution in [3.05, 3.63) is 35.6 Å². The third-order valence-electron chi connectivity index (χ3n) is 5.65. The fraction of sp³-hybridized carbons (Fsp3) is 0.611. The van der Waals surface area contributed by atoms with Crippen molar-refractivity contribution in [3.8, 4) is 0 Å². The van der Waals surface area contributed by atoms with Crippen LogP contribution in [0, 0.1) is 17.2 Å². The molecule has 1 unspecified atom stereocenters. The van der Waals surface area contributed by atoms with Gasteiger partial charge in [-0.1, -0.05) is 12.1 Å². The van der Waals surface area contributed by atoms with E-state index in [4.69, 9.17) is 0 Å². The number of hydrogen-bond acceptors (Lipinski definition) is 3. The molecule has 2 fully saturated rings. The summed E-state index contributed by atoms with van der Waals surface area (Å²) in [6.45, 7) is 5.97. The summed E-state index contributed by atoms with van der Waals surface area (Å²) < 4.78 is 13.0. The van der Waals surface area contributed by atoms with Gasteiger partial charge in [0.05, 0.1) is 0 Å². The molecule has 4 nitrogen and oxygen atoms in total.